The van der Waals surface area contributed by atoms with Gasteiger partial charge in [0.2, 0.25) is 0 Å². The number of hydrogen-bond acceptors (Lipinski definition) is 1. The Bertz CT molecular complexity index is 31.7. The van der Waals surface area contributed by atoms with Crippen molar-refractivity contribution in [3.63, 3.8) is 0 Å². The van der Waals surface area contributed by atoms with Crippen LogP contribution in [-0.4, -0.2) is 92.8 Å². The minimum atomic E-state index is -0.134. The zero-order valence-electron chi connectivity index (χ0n) is 2.91. The molecule has 0 aliphatic rings. The van der Waals surface area contributed by atoms with Gasteiger partial charge in [0.25, 0.3) is 0 Å². The van der Waals surface area contributed by atoms with Gasteiger partial charge in [-0.2, -0.15) is 0 Å². The first-order valence-electron chi connectivity index (χ1n) is 1.000. The summed E-state index contributed by atoms with van der Waals surface area (Å²) in [7, 11) is 0. The van der Waals surface area contributed by atoms with Gasteiger partial charge in [-0.15, -0.1) is 0 Å². The Labute approximate surface area is 129 Å². The summed E-state index contributed by atoms with van der Waals surface area (Å²) in [5.74, 6) is 0. The van der Waals surface area contributed by atoms with Crippen molar-refractivity contribution >= 4 is 123 Å². The van der Waals surface area contributed by atoms with Crippen molar-refractivity contribution in [1.29, 1.82) is 5.41 Å². The Hall–Kier alpha value is 3.65. The van der Waals surface area contributed by atoms with Crippen LogP contribution in [0.25, 0.3) is 0 Å². The topological polar surface area (TPSA) is 49.9 Å². The Morgan fingerprint density at radius 1 is 1.86 bits per heavy atom. The van der Waals surface area contributed by atoms with Crippen molar-refractivity contribution in [2.24, 2.45) is 5.73 Å². The molecule has 0 unspecified atom stereocenters. The van der Waals surface area contributed by atoms with Crippen molar-refractivity contribution < 1.29 is 0 Å². The molecule has 3 N–H and O–H groups in total. The SMILES string of the molecule is N=CN.[Br][Pb][I].[CsH]. The van der Waals surface area contributed by atoms with E-state index in [2.05, 4.69) is 35.5 Å². The third-order valence-corrected chi connectivity index (χ3v) is 0. The maximum atomic E-state index is 5.86. The van der Waals surface area contributed by atoms with E-state index in [0.29, 0.717) is 0 Å². The molecule has 0 aromatic carbocycles. The molecular weight excluding hydrogens is 587 g/mol. The molecule has 0 amide bonds. The van der Waals surface area contributed by atoms with Crippen LogP contribution in [0.1, 0.15) is 0 Å². The van der Waals surface area contributed by atoms with Gasteiger partial charge in [0.1, 0.15) is 0 Å². The van der Waals surface area contributed by atoms with Gasteiger partial charge >= 0.3 is 116 Å². The molecule has 0 spiro atoms. The van der Waals surface area contributed by atoms with Crippen LogP contribution in [0.15, 0.2) is 0 Å². The monoisotopic (exact) mass is 592 g/mol. The predicted molar refractivity (Wildman–Crippen MR) is 48.8 cm³/mol. The molecule has 2 radical (unpaired) electrons. The van der Waals surface area contributed by atoms with Gasteiger partial charge in [-0.05, 0) is 0 Å². The third-order valence-electron chi connectivity index (χ3n) is 0. The molecule has 38 valence electrons. The second-order valence-corrected chi connectivity index (χ2v) is 22.0. The summed E-state index contributed by atoms with van der Waals surface area (Å²) >= 11 is 5.59. The molecule has 0 saturated heterocycles. The van der Waals surface area contributed by atoms with Crippen molar-refractivity contribution in [3.05, 3.63) is 0 Å². The van der Waals surface area contributed by atoms with Crippen LogP contribution in [0.3, 0.4) is 0 Å². The minimum absolute atomic E-state index is 0. The van der Waals surface area contributed by atoms with Crippen LogP contribution in [0.4, 0.5) is 0 Å². The maximum absolute atomic E-state index is 5.86. The zero-order chi connectivity index (χ0) is 5.41. The fourth-order valence-electron chi connectivity index (χ4n) is 0. The van der Waals surface area contributed by atoms with Gasteiger partial charge in [-0.1, -0.05) is 0 Å². The van der Waals surface area contributed by atoms with Crippen molar-refractivity contribution in [3.8, 4) is 0 Å². The van der Waals surface area contributed by atoms with Gasteiger partial charge in [-0.25, -0.2) is 0 Å². The number of halogens is 2. The average molecular weight is 592 g/mol. The van der Waals surface area contributed by atoms with Crippen LogP contribution in [-0.2, 0) is 0 Å². The van der Waals surface area contributed by atoms with Gasteiger partial charge < -0.3 is 5.73 Å². The van der Waals surface area contributed by atoms with E-state index in [1.165, 1.54) is 0 Å². The van der Waals surface area contributed by atoms with Crippen LogP contribution in [0.5, 0.6) is 0 Å². The molecule has 0 rings (SSSR count). The molecule has 0 fully saturated rings. The van der Waals surface area contributed by atoms with E-state index in [9.17, 15) is 0 Å². The van der Waals surface area contributed by atoms with Gasteiger partial charge in [-0.3, -0.25) is 5.41 Å². The molecule has 7 heavy (non-hydrogen) atoms. The predicted octanol–water partition coefficient (Wildman–Crippen LogP) is 0.254. The van der Waals surface area contributed by atoms with Gasteiger partial charge in [0.15, 0.2) is 0 Å². The van der Waals surface area contributed by atoms with Crippen LogP contribution in [0, 0.1) is 5.41 Å². The van der Waals surface area contributed by atoms with E-state index in [1.54, 1.807) is 0 Å². The second-order valence-electron chi connectivity index (χ2n) is 0.238. The van der Waals surface area contributed by atoms with Gasteiger partial charge in [0, 0.05) is 0 Å². The van der Waals surface area contributed by atoms with Crippen LogP contribution in [0.2, 0.25) is 0 Å². The van der Waals surface area contributed by atoms with Crippen LogP contribution < -0.4 is 5.73 Å². The van der Waals surface area contributed by atoms with Crippen molar-refractivity contribution in [2.45, 2.75) is 0 Å². The number of nitrogens with two attached hydrogens (primary N) is 1. The number of hydrogen-bond donors (Lipinski definition) is 2. The van der Waals surface area contributed by atoms with E-state index in [4.69, 9.17) is 5.41 Å². The summed E-state index contributed by atoms with van der Waals surface area (Å²) in [6.07, 6.45) is 0.750. The molecule has 0 atom stereocenters. The molecule has 0 heterocycles. The van der Waals surface area contributed by atoms with E-state index in [1.807, 2.05) is 0 Å². The Balaban J connectivity index is -0.0000000400. The fraction of sp³-hybridized carbons (Fsp3) is 0. The molecule has 0 aliphatic carbocycles. The fourth-order valence-corrected chi connectivity index (χ4v) is 0. The summed E-state index contributed by atoms with van der Waals surface area (Å²) in [6, 6.07) is 0. The zero-order valence-corrected chi connectivity index (χ0v) is 10.5. The summed E-state index contributed by atoms with van der Waals surface area (Å²) in [6.45, 7) is 0. The van der Waals surface area contributed by atoms with Crippen molar-refractivity contribution in [1.82, 2.24) is 0 Å². The molecule has 2 nitrogen and oxygen atoms in total. The molecule has 0 aliphatic heterocycles. The summed E-state index contributed by atoms with van der Waals surface area (Å²) < 4.78 is 0. The standard InChI is InChI=1S/CH4N2.BrH.Cs.HI.Pb.H/c2-1-3;;;;;/h1H,(H3,2,3);1H;;1H;;/q;;;;+2;/p-2. The molecule has 0 aromatic heterocycles. The molecular formula is CH5BrCsIN2Pb. The van der Waals surface area contributed by atoms with Crippen molar-refractivity contribution in [2.75, 3.05) is 0 Å². The molecule has 0 aromatic rings. The number of rotatable bonds is 0. The Morgan fingerprint density at radius 3 is 1.86 bits per heavy atom. The Kier molecular flexibility index (Phi) is 54.8. The second kappa shape index (κ2) is 22.6. The number of nitrogens with one attached hydrogen (secondary N) is 1. The summed E-state index contributed by atoms with van der Waals surface area (Å²) in [4.78, 5) is 0. The summed E-state index contributed by atoms with van der Waals surface area (Å²) in [5.41, 5.74) is 4.39. The van der Waals surface area contributed by atoms with E-state index < -0.39 is 0 Å². The van der Waals surface area contributed by atoms with E-state index >= 15 is 0 Å². The summed E-state index contributed by atoms with van der Waals surface area (Å²) in [5, 5.41) is 5.86. The quantitative estimate of drug-likeness (QED) is 0.181. The normalized spacial score (nSPS) is 4.29. The molecule has 0 bridgehead atoms. The average Bonchev–Trinajstić information content (AvgIpc) is 1.39. The van der Waals surface area contributed by atoms with E-state index in [-0.39, 0.29) is 86.4 Å². The van der Waals surface area contributed by atoms with Gasteiger partial charge in [0.05, 0.1) is 6.34 Å². The first-order valence-corrected chi connectivity index (χ1v) is 20.4. The molecule has 6 heteroatoms. The molecule has 0 saturated carbocycles. The van der Waals surface area contributed by atoms with Crippen LogP contribution >= 0.6 is 29.7 Å². The first kappa shape index (κ1) is 16.9. The first-order chi connectivity index (χ1) is 2.83. The third kappa shape index (κ3) is 42.4. The van der Waals surface area contributed by atoms with E-state index in [0.717, 1.165) is 6.34 Å². The Morgan fingerprint density at radius 2 is 1.86 bits per heavy atom.